The molecule has 1 N–H and O–H groups in total. The summed E-state index contributed by atoms with van der Waals surface area (Å²) < 4.78 is 4.76. The maximum absolute atomic E-state index is 11.6. The van der Waals surface area contributed by atoms with Crippen LogP contribution in [0, 0.1) is 26.2 Å². The van der Waals surface area contributed by atoms with E-state index in [1.807, 2.05) is 19.9 Å². The second-order valence-corrected chi connectivity index (χ2v) is 4.87. The summed E-state index contributed by atoms with van der Waals surface area (Å²) in [7, 11) is 1.38. The van der Waals surface area contributed by atoms with E-state index in [2.05, 4.69) is 11.2 Å². The number of hydrogen-bond acceptors (Lipinski definition) is 4. The number of aryl methyl sites for hydroxylation is 2. The first-order chi connectivity index (χ1) is 7.60. The van der Waals surface area contributed by atoms with Crippen LogP contribution >= 0.6 is 11.3 Å². The largest absolute Gasteiger partial charge is 0.468 e. The van der Waals surface area contributed by atoms with E-state index in [4.69, 9.17) is 11.2 Å². The molecule has 16 heavy (non-hydrogen) atoms. The van der Waals surface area contributed by atoms with Crippen LogP contribution in [0.5, 0.6) is 0 Å². The SMILES string of the molecule is C#CCNC(C(=O)OC)c1cc(C)sc1C. The maximum atomic E-state index is 11.6. The fourth-order valence-corrected chi connectivity index (χ4v) is 2.50. The van der Waals surface area contributed by atoms with Crippen LogP contribution in [0.2, 0.25) is 0 Å². The number of esters is 1. The Balaban J connectivity index is 2.96. The zero-order valence-electron chi connectivity index (χ0n) is 9.66. The molecular weight excluding hydrogens is 222 g/mol. The van der Waals surface area contributed by atoms with Gasteiger partial charge in [-0.2, -0.15) is 0 Å². The third kappa shape index (κ3) is 2.84. The summed E-state index contributed by atoms with van der Waals surface area (Å²) in [5.41, 5.74) is 0.949. The van der Waals surface area contributed by atoms with Crippen molar-refractivity contribution in [2.45, 2.75) is 19.9 Å². The van der Waals surface area contributed by atoms with Gasteiger partial charge in [0, 0.05) is 9.75 Å². The molecule has 1 aromatic heterocycles. The van der Waals surface area contributed by atoms with Gasteiger partial charge >= 0.3 is 5.97 Å². The number of terminal acetylenes is 1. The zero-order chi connectivity index (χ0) is 12.1. The molecule has 86 valence electrons. The summed E-state index contributed by atoms with van der Waals surface area (Å²) in [6, 6.07) is 1.52. The molecule has 1 rings (SSSR count). The summed E-state index contributed by atoms with van der Waals surface area (Å²) in [4.78, 5) is 13.9. The Kier molecular flexibility index (Phi) is 4.53. The molecule has 1 unspecified atom stereocenters. The van der Waals surface area contributed by atoms with Crippen LogP contribution in [0.15, 0.2) is 6.07 Å². The van der Waals surface area contributed by atoms with Gasteiger partial charge in [0.05, 0.1) is 13.7 Å². The highest BCUT2D eigenvalue weighted by molar-refractivity contribution is 7.12. The molecule has 0 aliphatic carbocycles. The standard InChI is InChI=1S/C12H15NO2S/c1-5-6-13-11(12(14)15-4)10-7-8(2)16-9(10)3/h1,7,11,13H,6H2,2-4H3. The van der Waals surface area contributed by atoms with Crippen molar-refractivity contribution in [3.8, 4) is 12.3 Å². The van der Waals surface area contributed by atoms with Crippen molar-refractivity contribution < 1.29 is 9.53 Å². The highest BCUT2D eigenvalue weighted by Crippen LogP contribution is 2.26. The first-order valence-electron chi connectivity index (χ1n) is 4.91. The number of nitrogens with one attached hydrogen (secondary N) is 1. The van der Waals surface area contributed by atoms with Crippen LogP contribution in [-0.2, 0) is 9.53 Å². The number of rotatable bonds is 4. The molecule has 0 saturated carbocycles. The van der Waals surface area contributed by atoms with E-state index in [-0.39, 0.29) is 5.97 Å². The molecule has 0 saturated heterocycles. The second kappa shape index (κ2) is 5.69. The number of carbonyl (C=O) groups excluding carboxylic acids is 1. The monoisotopic (exact) mass is 237 g/mol. The van der Waals surface area contributed by atoms with Gasteiger partial charge in [0.2, 0.25) is 0 Å². The third-order valence-corrected chi connectivity index (χ3v) is 3.22. The molecule has 0 radical (unpaired) electrons. The van der Waals surface area contributed by atoms with Crippen molar-refractivity contribution in [3.05, 3.63) is 21.4 Å². The zero-order valence-corrected chi connectivity index (χ0v) is 10.5. The Morgan fingerprint density at radius 3 is 2.81 bits per heavy atom. The quantitative estimate of drug-likeness (QED) is 0.641. The molecule has 0 aliphatic rings. The average molecular weight is 237 g/mol. The molecule has 0 bridgehead atoms. The van der Waals surface area contributed by atoms with Gasteiger partial charge in [-0.15, -0.1) is 17.8 Å². The number of carbonyl (C=O) groups is 1. The van der Waals surface area contributed by atoms with Gasteiger partial charge in [-0.05, 0) is 25.5 Å². The molecule has 4 heteroatoms. The van der Waals surface area contributed by atoms with Crippen molar-refractivity contribution in [3.63, 3.8) is 0 Å². The lowest BCUT2D eigenvalue weighted by atomic mass is 10.1. The molecule has 1 atom stereocenters. The van der Waals surface area contributed by atoms with E-state index >= 15 is 0 Å². The number of thiophene rings is 1. The maximum Gasteiger partial charge on any atom is 0.327 e. The summed E-state index contributed by atoms with van der Waals surface area (Å²) in [5, 5.41) is 2.99. The highest BCUT2D eigenvalue weighted by atomic mass is 32.1. The van der Waals surface area contributed by atoms with E-state index in [0.29, 0.717) is 6.54 Å². The first kappa shape index (κ1) is 12.8. The Hall–Kier alpha value is -1.31. The second-order valence-electron chi connectivity index (χ2n) is 3.41. The first-order valence-corrected chi connectivity index (χ1v) is 5.73. The summed E-state index contributed by atoms with van der Waals surface area (Å²) in [5.74, 6) is 2.15. The number of hydrogen-bond donors (Lipinski definition) is 1. The van der Waals surface area contributed by atoms with E-state index in [9.17, 15) is 4.79 Å². The highest BCUT2D eigenvalue weighted by Gasteiger charge is 2.23. The topological polar surface area (TPSA) is 38.3 Å². The van der Waals surface area contributed by atoms with Gasteiger partial charge in [-0.25, -0.2) is 4.79 Å². The van der Waals surface area contributed by atoms with Crippen molar-refractivity contribution in [1.29, 1.82) is 0 Å². The van der Waals surface area contributed by atoms with Crippen molar-refractivity contribution in [2.24, 2.45) is 0 Å². The molecule has 3 nitrogen and oxygen atoms in total. The van der Waals surface area contributed by atoms with Crippen LogP contribution in [0.3, 0.4) is 0 Å². The number of methoxy groups -OCH3 is 1. The van der Waals surface area contributed by atoms with Crippen LogP contribution in [0.1, 0.15) is 21.4 Å². The minimum Gasteiger partial charge on any atom is -0.468 e. The lowest BCUT2D eigenvalue weighted by Crippen LogP contribution is -2.30. The molecule has 0 fully saturated rings. The van der Waals surface area contributed by atoms with E-state index in [1.165, 1.54) is 12.0 Å². The lowest BCUT2D eigenvalue weighted by molar-refractivity contribution is -0.143. The number of ether oxygens (including phenoxy) is 1. The Morgan fingerprint density at radius 2 is 2.38 bits per heavy atom. The normalized spacial score (nSPS) is 11.9. The van der Waals surface area contributed by atoms with Crippen LogP contribution in [-0.4, -0.2) is 19.6 Å². The molecule has 0 spiro atoms. The molecular formula is C12H15NO2S. The fourth-order valence-electron chi connectivity index (χ4n) is 1.54. The van der Waals surface area contributed by atoms with E-state index in [1.54, 1.807) is 11.3 Å². The van der Waals surface area contributed by atoms with Crippen molar-refractivity contribution >= 4 is 17.3 Å². The Labute approximate surface area is 99.8 Å². The Bertz CT molecular complexity index is 417. The minimum atomic E-state index is -0.467. The van der Waals surface area contributed by atoms with E-state index in [0.717, 1.165) is 10.4 Å². The smallest absolute Gasteiger partial charge is 0.327 e. The molecule has 1 aromatic rings. The van der Waals surface area contributed by atoms with Gasteiger partial charge in [0.25, 0.3) is 0 Å². The summed E-state index contributed by atoms with van der Waals surface area (Å²) in [6.45, 7) is 4.34. The van der Waals surface area contributed by atoms with E-state index < -0.39 is 6.04 Å². The fraction of sp³-hybridized carbons (Fsp3) is 0.417. The molecule has 0 aromatic carbocycles. The average Bonchev–Trinajstić information content (AvgIpc) is 2.58. The van der Waals surface area contributed by atoms with Crippen LogP contribution in [0.4, 0.5) is 0 Å². The predicted molar refractivity (Wildman–Crippen MR) is 65.4 cm³/mol. The predicted octanol–water partition coefficient (Wildman–Crippen LogP) is 1.80. The molecule has 0 amide bonds. The van der Waals surface area contributed by atoms with Gasteiger partial charge in [-0.3, -0.25) is 5.32 Å². The van der Waals surface area contributed by atoms with Crippen molar-refractivity contribution in [1.82, 2.24) is 5.32 Å². The Morgan fingerprint density at radius 1 is 1.69 bits per heavy atom. The van der Waals surface area contributed by atoms with Gasteiger partial charge in [0.1, 0.15) is 6.04 Å². The molecule has 1 heterocycles. The van der Waals surface area contributed by atoms with Crippen LogP contribution in [0.25, 0.3) is 0 Å². The summed E-state index contributed by atoms with van der Waals surface area (Å²) >= 11 is 1.66. The molecule has 0 aliphatic heterocycles. The minimum absolute atomic E-state index is 0.309. The van der Waals surface area contributed by atoms with Crippen LogP contribution < -0.4 is 5.32 Å². The lowest BCUT2D eigenvalue weighted by Gasteiger charge is -2.14. The van der Waals surface area contributed by atoms with Crippen molar-refractivity contribution in [2.75, 3.05) is 13.7 Å². The van der Waals surface area contributed by atoms with Gasteiger partial charge in [0.15, 0.2) is 0 Å². The van der Waals surface area contributed by atoms with Gasteiger partial charge in [-0.1, -0.05) is 5.92 Å². The van der Waals surface area contributed by atoms with Gasteiger partial charge < -0.3 is 4.74 Å². The third-order valence-electron chi connectivity index (χ3n) is 2.24. The summed E-state index contributed by atoms with van der Waals surface area (Å²) in [6.07, 6.45) is 5.18.